The van der Waals surface area contributed by atoms with Gasteiger partial charge in [-0.15, -0.1) is 0 Å². The maximum absolute atomic E-state index is 13.3. The predicted octanol–water partition coefficient (Wildman–Crippen LogP) is 2.87. The van der Waals surface area contributed by atoms with Crippen molar-refractivity contribution in [3.8, 4) is 0 Å². The molecule has 0 saturated carbocycles. The maximum Gasteiger partial charge on any atom is 0.156 e. The van der Waals surface area contributed by atoms with Crippen LogP contribution in [0.3, 0.4) is 0 Å². The van der Waals surface area contributed by atoms with Gasteiger partial charge in [-0.1, -0.05) is 17.3 Å². The molecule has 0 aromatic heterocycles. The van der Waals surface area contributed by atoms with Crippen LogP contribution in [-0.2, 0) is 0 Å². The zero-order chi connectivity index (χ0) is 11.3. The average Bonchev–Trinajstić information content (AvgIpc) is 2.23. The number of halogens is 2. The Morgan fingerprint density at radius 2 is 2.20 bits per heavy atom. The fourth-order valence-electron chi connectivity index (χ4n) is 0.993. The van der Waals surface area contributed by atoms with Gasteiger partial charge in [-0.2, -0.15) is 0 Å². The van der Waals surface area contributed by atoms with Gasteiger partial charge in [0.1, 0.15) is 5.82 Å². The van der Waals surface area contributed by atoms with Crippen molar-refractivity contribution in [2.24, 2.45) is 5.11 Å². The molecule has 0 heterocycles. The Morgan fingerprint density at radius 1 is 1.47 bits per heavy atom. The minimum atomic E-state index is -0.813. The lowest BCUT2D eigenvalue weighted by atomic mass is 10.1. The van der Waals surface area contributed by atoms with Crippen LogP contribution in [0.25, 0.3) is 16.5 Å². The molecule has 0 aliphatic heterocycles. The Labute approximate surface area is 84.6 Å². The van der Waals surface area contributed by atoms with Crippen molar-refractivity contribution in [1.29, 1.82) is 0 Å². The number of nitrogen functional groups attached to an aromatic ring is 1. The first-order valence-corrected chi connectivity index (χ1v) is 4.07. The molecular weight excluding hydrogens is 202 g/mol. The molecule has 6 heteroatoms. The van der Waals surface area contributed by atoms with Crippen molar-refractivity contribution in [3.63, 3.8) is 0 Å². The van der Waals surface area contributed by atoms with Crippen molar-refractivity contribution < 1.29 is 8.78 Å². The molecule has 0 fully saturated rings. The first-order valence-electron chi connectivity index (χ1n) is 4.07. The molecule has 0 radical (unpaired) electrons. The van der Waals surface area contributed by atoms with Gasteiger partial charge < -0.3 is 5.73 Å². The molecule has 1 rings (SSSR count). The van der Waals surface area contributed by atoms with Crippen LogP contribution in [0, 0.1) is 11.6 Å². The number of hydrogen-bond donors (Lipinski definition) is 1. The van der Waals surface area contributed by atoms with Gasteiger partial charge in [-0.25, -0.2) is 8.78 Å². The lowest BCUT2D eigenvalue weighted by Crippen LogP contribution is -1.96. The van der Waals surface area contributed by atoms with Crippen LogP contribution in [0.2, 0.25) is 0 Å². The van der Waals surface area contributed by atoms with E-state index < -0.39 is 11.6 Å². The van der Waals surface area contributed by atoms with Crippen LogP contribution in [0.1, 0.15) is 5.56 Å². The molecule has 4 nitrogen and oxygen atoms in total. The molecule has 0 aliphatic carbocycles. The lowest BCUT2D eigenvalue weighted by Gasteiger charge is -2.01. The summed E-state index contributed by atoms with van der Waals surface area (Å²) in [6.45, 7) is 0.0319. The summed E-state index contributed by atoms with van der Waals surface area (Å²) in [7, 11) is 0. The number of azide groups is 1. The lowest BCUT2D eigenvalue weighted by molar-refractivity contribution is 0.581. The van der Waals surface area contributed by atoms with Gasteiger partial charge in [-0.3, -0.25) is 0 Å². The van der Waals surface area contributed by atoms with Crippen molar-refractivity contribution in [3.05, 3.63) is 45.8 Å². The summed E-state index contributed by atoms with van der Waals surface area (Å²) >= 11 is 0. The quantitative estimate of drug-likeness (QED) is 0.354. The van der Waals surface area contributed by atoms with Crippen molar-refractivity contribution in [2.45, 2.75) is 0 Å². The van der Waals surface area contributed by atoms with Crippen LogP contribution < -0.4 is 5.73 Å². The Hall–Kier alpha value is -2.07. The van der Waals surface area contributed by atoms with E-state index in [2.05, 4.69) is 10.0 Å². The number of hydrogen-bond acceptors (Lipinski definition) is 2. The average molecular weight is 210 g/mol. The van der Waals surface area contributed by atoms with Crippen molar-refractivity contribution in [1.82, 2.24) is 0 Å². The number of anilines is 1. The minimum Gasteiger partial charge on any atom is -0.396 e. The van der Waals surface area contributed by atoms with Gasteiger partial charge in [-0.05, 0) is 17.7 Å². The fraction of sp³-hybridized carbons (Fsp3) is 0.111. The molecule has 1 aromatic rings. The van der Waals surface area contributed by atoms with Gasteiger partial charge in [0.25, 0.3) is 0 Å². The van der Waals surface area contributed by atoms with E-state index in [4.69, 9.17) is 11.3 Å². The number of rotatable bonds is 3. The van der Waals surface area contributed by atoms with E-state index >= 15 is 0 Å². The topological polar surface area (TPSA) is 74.8 Å². The number of nitrogens with zero attached hydrogens (tertiary/aromatic N) is 3. The minimum absolute atomic E-state index is 0.0319. The van der Waals surface area contributed by atoms with Crippen molar-refractivity contribution >= 4 is 11.8 Å². The highest BCUT2D eigenvalue weighted by atomic mass is 19.1. The molecule has 0 amide bonds. The number of nitrogens with two attached hydrogens (primary N) is 1. The summed E-state index contributed by atoms with van der Waals surface area (Å²) in [5.41, 5.74) is 12.9. The summed E-state index contributed by atoms with van der Waals surface area (Å²) < 4.78 is 26.3. The molecule has 0 bridgehead atoms. The second-order valence-corrected chi connectivity index (χ2v) is 2.68. The van der Waals surface area contributed by atoms with Crippen LogP contribution in [0.15, 0.2) is 23.3 Å². The number of benzene rings is 1. The monoisotopic (exact) mass is 210 g/mol. The van der Waals surface area contributed by atoms with Crippen LogP contribution in [0.5, 0.6) is 0 Å². The zero-order valence-electron chi connectivity index (χ0n) is 7.69. The van der Waals surface area contributed by atoms with Gasteiger partial charge >= 0.3 is 0 Å². The van der Waals surface area contributed by atoms with E-state index in [9.17, 15) is 8.78 Å². The summed E-state index contributed by atoms with van der Waals surface area (Å²) in [4.78, 5) is 2.49. The highest BCUT2D eigenvalue weighted by Gasteiger charge is 2.08. The molecule has 1 aromatic carbocycles. The molecule has 0 unspecified atom stereocenters. The molecule has 0 saturated heterocycles. The molecule has 0 aliphatic rings. The highest BCUT2D eigenvalue weighted by molar-refractivity contribution is 5.57. The van der Waals surface area contributed by atoms with E-state index in [-0.39, 0.29) is 17.8 Å². The normalized spacial score (nSPS) is 10.3. The second-order valence-electron chi connectivity index (χ2n) is 2.68. The van der Waals surface area contributed by atoms with E-state index in [1.807, 2.05) is 0 Å². The van der Waals surface area contributed by atoms with Gasteiger partial charge in [0.2, 0.25) is 0 Å². The summed E-state index contributed by atoms with van der Waals surface area (Å²) in [5.74, 6) is -1.52. The maximum atomic E-state index is 13.3. The van der Waals surface area contributed by atoms with Crippen LogP contribution in [0.4, 0.5) is 14.5 Å². The Kier molecular flexibility index (Phi) is 3.65. The summed E-state index contributed by atoms with van der Waals surface area (Å²) in [5, 5.41) is 3.19. The smallest absolute Gasteiger partial charge is 0.156 e. The Morgan fingerprint density at radius 3 is 2.87 bits per heavy atom. The molecule has 78 valence electrons. The van der Waals surface area contributed by atoms with Crippen LogP contribution >= 0.6 is 0 Å². The predicted molar refractivity (Wildman–Crippen MR) is 53.8 cm³/mol. The third kappa shape index (κ3) is 2.69. The Bertz CT molecular complexity index is 436. The van der Waals surface area contributed by atoms with Crippen molar-refractivity contribution in [2.75, 3.05) is 12.3 Å². The molecule has 0 spiro atoms. The first-order chi connectivity index (χ1) is 7.16. The highest BCUT2D eigenvalue weighted by Crippen LogP contribution is 2.19. The largest absolute Gasteiger partial charge is 0.396 e. The summed E-state index contributed by atoms with van der Waals surface area (Å²) in [6, 6.07) is 2.22. The Balaban J connectivity index is 2.98. The fourth-order valence-corrected chi connectivity index (χ4v) is 0.993. The first kappa shape index (κ1) is 11.0. The van der Waals surface area contributed by atoms with Gasteiger partial charge in [0.05, 0.1) is 5.69 Å². The third-order valence-electron chi connectivity index (χ3n) is 1.69. The van der Waals surface area contributed by atoms with E-state index in [1.165, 1.54) is 12.2 Å². The summed E-state index contributed by atoms with van der Waals surface area (Å²) in [6.07, 6.45) is 2.54. The molecule has 2 N–H and O–H groups in total. The molecule has 0 atom stereocenters. The van der Waals surface area contributed by atoms with Gasteiger partial charge in [0.15, 0.2) is 5.82 Å². The molecule has 15 heavy (non-hydrogen) atoms. The van der Waals surface area contributed by atoms with Gasteiger partial charge in [0, 0.05) is 17.0 Å². The van der Waals surface area contributed by atoms with Crippen LogP contribution in [-0.4, -0.2) is 6.54 Å². The zero-order valence-corrected chi connectivity index (χ0v) is 7.69. The standard InChI is InChI=1S/C9H8F2N4/c10-7-3-4-8(12)9(11)6(7)2-1-5-14-15-13/h1-4H,5,12H2. The third-order valence-corrected chi connectivity index (χ3v) is 1.69. The SMILES string of the molecule is [N-]=[N+]=NCC=Cc1c(F)ccc(N)c1F. The van der Waals surface area contributed by atoms with E-state index in [0.29, 0.717) is 0 Å². The van der Waals surface area contributed by atoms with E-state index in [0.717, 1.165) is 12.1 Å². The molecular formula is C9H8F2N4. The second kappa shape index (κ2) is 4.97. The van der Waals surface area contributed by atoms with E-state index in [1.54, 1.807) is 0 Å².